The van der Waals surface area contributed by atoms with E-state index in [9.17, 15) is 9.18 Å². The van der Waals surface area contributed by atoms with Crippen molar-refractivity contribution < 1.29 is 9.18 Å². The highest BCUT2D eigenvalue weighted by atomic mass is 79.9. The van der Waals surface area contributed by atoms with Gasteiger partial charge in [-0.15, -0.1) is 0 Å². The van der Waals surface area contributed by atoms with Crippen LogP contribution in [0.4, 0.5) is 4.39 Å². The molecule has 0 bridgehead atoms. The third-order valence-electron chi connectivity index (χ3n) is 2.72. The average molecular weight is 322 g/mol. The van der Waals surface area contributed by atoms with E-state index in [0.29, 0.717) is 6.54 Å². The van der Waals surface area contributed by atoms with E-state index in [0.717, 1.165) is 16.5 Å². The highest BCUT2D eigenvalue weighted by Gasteiger charge is 2.09. The minimum absolute atomic E-state index is 0.0687. The van der Waals surface area contributed by atoms with Gasteiger partial charge in [-0.05, 0) is 23.3 Å². The van der Waals surface area contributed by atoms with Gasteiger partial charge in [0, 0.05) is 11.9 Å². The van der Waals surface area contributed by atoms with Crippen LogP contribution in [0.5, 0.6) is 0 Å². The fraction of sp³-hybridized carbons (Fsp3) is 0.133. The summed E-state index contributed by atoms with van der Waals surface area (Å²) in [7, 11) is 0. The molecule has 0 unspecified atom stereocenters. The lowest BCUT2D eigenvalue weighted by Gasteiger charge is -2.07. The number of carbonyl (C=O) groups is 1. The molecule has 0 aliphatic carbocycles. The maximum Gasteiger partial charge on any atom is 0.254 e. The second-order valence-corrected chi connectivity index (χ2v) is 4.68. The number of amides is 1. The molecule has 2 rings (SSSR count). The van der Waals surface area contributed by atoms with Crippen LogP contribution < -0.4 is 5.32 Å². The molecule has 0 fully saturated rings. The second kappa shape index (κ2) is 6.48. The highest BCUT2D eigenvalue weighted by Crippen LogP contribution is 2.10. The first kappa shape index (κ1) is 13.7. The van der Waals surface area contributed by atoms with Gasteiger partial charge in [-0.3, -0.25) is 4.79 Å². The molecule has 4 heteroatoms. The summed E-state index contributed by atoms with van der Waals surface area (Å²) in [4.78, 5) is 11.8. The Balaban J connectivity index is 2.02. The van der Waals surface area contributed by atoms with Crippen LogP contribution in [0.2, 0.25) is 0 Å². The largest absolute Gasteiger partial charge is 0.348 e. The average Bonchev–Trinajstić information content (AvgIpc) is 2.45. The Bertz CT molecular complexity index is 586. The van der Waals surface area contributed by atoms with Crippen molar-refractivity contribution in [2.24, 2.45) is 0 Å². The third kappa shape index (κ3) is 3.64. The molecule has 0 aliphatic rings. The molecule has 0 spiro atoms. The molecular formula is C15H13BrFNO. The predicted octanol–water partition coefficient (Wildman–Crippen LogP) is 3.65. The quantitative estimate of drug-likeness (QED) is 0.856. The molecule has 0 heterocycles. The standard InChI is InChI=1S/C15H13BrFNO/c16-9-11-4-3-5-12(8-11)10-18-15(19)13-6-1-2-7-14(13)17/h1-8H,9-10H2,(H,18,19). The first-order valence-electron chi connectivity index (χ1n) is 5.87. The normalized spacial score (nSPS) is 10.2. The van der Waals surface area contributed by atoms with Crippen molar-refractivity contribution >= 4 is 21.8 Å². The molecule has 1 N–H and O–H groups in total. The van der Waals surface area contributed by atoms with Gasteiger partial charge in [0.2, 0.25) is 0 Å². The Hall–Kier alpha value is -1.68. The van der Waals surface area contributed by atoms with Crippen LogP contribution in [0.3, 0.4) is 0 Å². The van der Waals surface area contributed by atoms with E-state index in [1.54, 1.807) is 12.1 Å². The summed E-state index contributed by atoms with van der Waals surface area (Å²) in [6.45, 7) is 0.383. The van der Waals surface area contributed by atoms with E-state index in [2.05, 4.69) is 21.2 Å². The lowest BCUT2D eigenvalue weighted by atomic mass is 10.1. The number of nitrogens with one attached hydrogen (secondary N) is 1. The molecule has 0 atom stereocenters. The molecule has 2 aromatic rings. The highest BCUT2D eigenvalue weighted by molar-refractivity contribution is 9.08. The van der Waals surface area contributed by atoms with Gasteiger partial charge in [-0.2, -0.15) is 0 Å². The van der Waals surface area contributed by atoms with Gasteiger partial charge in [-0.1, -0.05) is 52.3 Å². The molecule has 0 saturated carbocycles. The van der Waals surface area contributed by atoms with Gasteiger partial charge in [0.15, 0.2) is 0 Å². The van der Waals surface area contributed by atoms with Gasteiger partial charge in [0.25, 0.3) is 5.91 Å². The molecule has 0 aliphatic heterocycles. The SMILES string of the molecule is O=C(NCc1cccc(CBr)c1)c1ccccc1F. The Morgan fingerprint density at radius 1 is 1.11 bits per heavy atom. The van der Waals surface area contributed by atoms with Gasteiger partial charge < -0.3 is 5.32 Å². The minimum atomic E-state index is -0.505. The molecule has 98 valence electrons. The van der Waals surface area contributed by atoms with E-state index < -0.39 is 11.7 Å². The van der Waals surface area contributed by atoms with Crippen LogP contribution in [0.1, 0.15) is 21.5 Å². The van der Waals surface area contributed by atoms with Crippen molar-refractivity contribution in [3.63, 3.8) is 0 Å². The van der Waals surface area contributed by atoms with Crippen LogP contribution in [0.15, 0.2) is 48.5 Å². The van der Waals surface area contributed by atoms with Crippen LogP contribution in [-0.4, -0.2) is 5.91 Å². The molecule has 19 heavy (non-hydrogen) atoms. The fourth-order valence-electron chi connectivity index (χ4n) is 1.75. The first-order valence-corrected chi connectivity index (χ1v) is 6.99. The zero-order valence-corrected chi connectivity index (χ0v) is 11.8. The predicted molar refractivity (Wildman–Crippen MR) is 76.6 cm³/mol. The smallest absolute Gasteiger partial charge is 0.254 e. The van der Waals surface area contributed by atoms with Crippen LogP contribution in [0, 0.1) is 5.82 Å². The van der Waals surface area contributed by atoms with Crippen LogP contribution in [0.25, 0.3) is 0 Å². The lowest BCUT2D eigenvalue weighted by molar-refractivity contribution is 0.0947. The monoisotopic (exact) mass is 321 g/mol. The molecule has 1 amide bonds. The molecule has 2 aromatic carbocycles. The summed E-state index contributed by atoms with van der Waals surface area (Å²) >= 11 is 3.38. The molecule has 0 aromatic heterocycles. The Morgan fingerprint density at radius 2 is 1.84 bits per heavy atom. The Kier molecular flexibility index (Phi) is 4.68. The van der Waals surface area contributed by atoms with Crippen molar-refractivity contribution in [3.05, 3.63) is 71.0 Å². The zero-order chi connectivity index (χ0) is 13.7. The number of hydrogen-bond donors (Lipinski definition) is 1. The van der Waals surface area contributed by atoms with Crippen molar-refractivity contribution in [1.82, 2.24) is 5.32 Å². The van der Waals surface area contributed by atoms with E-state index in [1.165, 1.54) is 12.1 Å². The topological polar surface area (TPSA) is 29.1 Å². The number of alkyl halides is 1. The van der Waals surface area contributed by atoms with E-state index in [-0.39, 0.29) is 5.56 Å². The van der Waals surface area contributed by atoms with Gasteiger partial charge in [-0.25, -0.2) is 4.39 Å². The summed E-state index contributed by atoms with van der Waals surface area (Å²) in [6, 6.07) is 13.8. The molecule has 0 saturated heterocycles. The van der Waals surface area contributed by atoms with Crippen molar-refractivity contribution in [2.45, 2.75) is 11.9 Å². The third-order valence-corrected chi connectivity index (χ3v) is 3.36. The van der Waals surface area contributed by atoms with E-state index in [4.69, 9.17) is 0 Å². The number of carbonyl (C=O) groups excluding carboxylic acids is 1. The van der Waals surface area contributed by atoms with Gasteiger partial charge in [0.05, 0.1) is 5.56 Å². The lowest BCUT2D eigenvalue weighted by Crippen LogP contribution is -2.23. The van der Waals surface area contributed by atoms with Gasteiger partial charge in [0.1, 0.15) is 5.82 Å². The molecule has 2 nitrogen and oxygen atoms in total. The second-order valence-electron chi connectivity index (χ2n) is 4.12. The van der Waals surface area contributed by atoms with Crippen LogP contribution >= 0.6 is 15.9 Å². The number of hydrogen-bond acceptors (Lipinski definition) is 1. The molecular weight excluding hydrogens is 309 g/mol. The minimum Gasteiger partial charge on any atom is -0.348 e. The fourth-order valence-corrected chi connectivity index (χ4v) is 2.09. The van der Waals surface area contributed by atoms with Gasteiger partial charge >= 0.3 is 0 Å². The van der Waals surface area contributed by atoms with Crippen molar-refractivity contribution in [2.75, 3.05) is 0 Å². The number of rotatable bonds is 4. The van der Waals surface area contributed by atoms with Crippen LogP contribution in [-0.2, 0) is 11.9 Å². The maximum absolute atomic E-state index is 13.4. The first-order chi connectivity index (χ1) is 9.20. The van der Waals surface area contributed by atoms with Crippen molar-refractivity contribution in [1.29, 1.82) is 0 Å². The Morgan fingerprint density at radius 3 is 2.58 bits per heavy atom. The summed E-state index contributed by atoms with van der Waals surface area (Å²) < 4.78 is 13.4. The van der Waals surface area contributed by atoms with Crippen molar-refractivity contribution in [3.8, 4) is 0 Å². The summed E-state index contributed by atoms with van der Waals surface area (Å²) in [6.07, 6.45) is 0. The maximum atomic E-state index is 13.4. The number of halogens is 2. The zero-order valence-electron chi connectivity index (χ0n) is 10.2. The summed E-state index contributed by atoms with van der Waals surface area (Å²) in [5, 5.41) is 3.48. The summed E-state index contributed by atoms with van der Waals surface area (Å²) in [5.74, 6) is -0.906. The summed E-state index contributed by atoms with van der Waals surface area (Å²) in [5.41, 5.74) is 2.19. The number of benzene rings is 2. The Labute approximate surface area is 119 Å². The van der Waals surface area contributed by atoms with E-state index in [1.807, 2.05) is 24.3 Å². The van der Waals surface area contributed by atoms with E-state index >= 15 is 0 Å². The molecule has 0 radical (unpaired) electrons.